The van der Waals surface area contributed by atoms with Crippen molar-refractivity contribution in [2.75, 3.05) is 43.0 Å². The number of aromatic nitrogens is 4. The average molecular weight is 484 g/mol. The van der Waals surface area contributed by atoms with Gasteiger partial charge in [-0.25, -0.2) is 14.5 Å². The Kier molecular flexibility index (Phi) is 6.42. The van der Waals surface area contributed by atoms with Gasteiger partial charge in [0.1, 0.15) is 24.0 Å². The number of pyridine rings is 1. The maximum Gasteiger partial charge on any atom is 0.177 e. The number of nitrogens with zero attached hydrogens (tertiary/aromatic N) is 6. The Morgan fingerprint density at radius 2 is 1.89 bits per heavy atom. The Bertz CT molecular complexity index is 1310. The second-order valence-electron chi connectivity index (χ2n) is 9.75. The van der Waals surface area contributed by atoms with Crippen LogP contribution in [-0.2, 0) is 0 Å². The smallest absolute Gasteiger partial charge is 0.177 e. The number of nitrogens with one attached hydrogen (secondary N) is 1. The van der Waals surface area contributed by atoms with E-state index in [0.29, 0.717) is 6.04 Å². The molecule has 4 aromatic rings. The van der Waals surface area contributed by atoms with Gasteiger partial charge < -0.3 is 15.0 Å². The Labute approximate surface area is 211 Å². The van der Waals surface area contributed by atoms with E-state index >= 15 is 0 Å². The highest BCUT2D eigenvalue weighted by Gasteiger charge is 2.21. The van der Waals surface area contributed by atoms with Gasteiger partial charge in [-0.3, -0.25) is 4.90 Å². The molecule has 2 saturated heterocycles. The highest BCUT2D eigenvalue weighted by molar-refractivity contribution is 5.77. The monoisotopic (exact) mass is 483 g/mol. The van der Waals surface area contributed by atoms with Gasteiger partial charge >= 0.3 is 0 Å². The molecular formula is C28H33N7O. The van der Waals surface area contributed by atoms with Crippen LogP contribution < -0.4 is 15.0 Å². The summed E-state index contributed by atoms with van der Waals surface area (Å²) in [4.78, 5) is 14.3. The van der Waals surface area contributed by atoms with E-state index in [1.807, 2.05) is 35.0 Å². The molecule has 0 amide bonds. The van der Waals surface area contributed by atoms with Crippen molar-refractivity contribution in [1.29, 1.82) is 0 Å². The Balaban J connectivity index is 1.20. The standard InChI is InChI=1S/C28H33N7O/c1-21-6-5-16-34(21)27-8-4-7-26(31-27)30-25-20-24(32-35-17-13-29-28(25)35)22-9-11-23(12-10-22)36-19-18-33-14-2-3-15-33/h4,7-13,17,20-21H,2-3,5-6,14-16,18-19H2,1H3,(H,30,31). The third kappa shape index (κ3) is 4.86. The number of hydrogen-bond acceptors (Lipinski definition) is 7. The zero-order valence-corrected chi connectivity index (χ0v) is 20.8. The maximum atomic E-state index is 5.98. The summed E-state index contributed by atoms with van der Waals surface area (Å²) in [6.07, 6.45) is 8.67. The summed E-state index contributed by atoms with van der Waals surface area (Å²) in [5.74, 6) is 2.70. The van der Waals surface area contributed by atoms with Crippen LogP contribution in [0.15, 0.2) is 60.9 Å². The molecule has 0 saturated carbocycles. The maximum absolute atomic E-state index is 5.98. The van der Waals surface area contributed by atoms with Crippen molar-refractivity contribution < 1.29 is 4.74 Å². The van der Waals surface area contributed by atoms with E-state index in [1.54, 1.807) is 6.20 Å². The molecule has 6 rings (SSSR count). The quantitative estimate of drug-likeness (QED) is 0.378. The minimum atomic E-state index is 0.520. The lowest BCUT2D eigenvalue weighted by molar-refractivity contribution is 0.238. The number of fused-ring (bicyclic) bond motifs is 1. The third-order valence-corrected chi connectivity index (χ3v) is 7.23. The Hall–Kier alpha value is -3.65. The summed E-state index contributed by atoms with van der Waals surface area (Å²) < 4.78 is 7.79. The Morgan fingerprint density at radius 1 is 1.03 bits per heavy atom. The topological polar surface area (TPSA) is 70.8 Å². The van der Waals surface area contributed by atoms with Gasteiger partial charge in [-0.05, 0) is 88.2 Å². The Morgan fingerprint density at radius 3 is 2.69 bits per heavy atom. The first kappa shape index (κ1) is 22.8. The van der Waals surface area contributed by atoms with Crippen LogP contribution in [0.5, 0.6) is 5.75 Å². The number of rotatable bonds is 8. The molecule has 8 nitrogen and oxygen atoms in total. The largest absolute Gasteiger partial charge is 0.492 e. The van der Waals surface area contributed by atoms with Crippen molar-refractivity contribution in [3.63, 3.8) is 0 Å². The average Bonchev–Trinajstić information content (AvgIpc) is 3.67. The second-order valence-corrected chi connectivity index (χ2v) is 9.75. The number of hydrogen-bond donors (Lipinski definition) is 1. The molecule has 0 aliphatic carbocycles. The van der Waals surface area contributed by atoms with Crippen molar-refractivity contribution in [3.8, 4) is 17.0 Å². The van der Waals surface area contributed by atoms with Crippen molar-refractivity contribution in [2.24, 2.45) is 0 Å². The summed E-state index contributed by atoms with van der Waals surface area (Å²) in [7, 11) is 0. The molecule has 186 valence electrons. The number of ether oxygens (including phenoxy) is 1. The summed E-state index contributed by atoms with van der Waals surface area (Å²) in [5, 5.41) is 8.28. The first-order chi connectivity index (χ1) is 17.7. The van der Waals surface area contributed by atoms with Crippen LogP contribution in [0.25, 0.3) is 16.9 Å². The zero-order valence-electron chi connectivity index (χ0n) is 20.8. The molecule has 1 aromatic carbocycles. The molecule has 36 heavy (non-hydrogen) atoms. The predicted octanol–water partition coefficient (Wildman–Crippen LogP) is 5.00. The number of benzene rings is 1. The van der Waals surface area contributed by atoms with E-state index in [4.69, 9.17) is 14.8 Å². The molecule has 8 heteroatoms. The minimum absolute atomic E-state index is 0.520. The second kappa shape index (κ2) is 10.1. The van der Waals surface area contributed by atoms with E-state index < -0.39 is 0 Å². The molecule has 3 aromatic heterocycles. The molecule has 1 N–H and O–H groups in total. The first-order valence-corrected chi connectivity index (χ1v) is 13.0. The lowest BCUT2D eigenvalue weighted by atomic mass is 10.1. The minimum Gasteiger partial charge on any atom is -0.492 e. The summed E-state index contributed by atoms with van der Waals surface area (Å²) >= 11 is 0. The van der Waals surface area contributed by atoms with Gasteiger partial charge in [0.15, 0.2) is 5.65 Å². The van der Waals surface area contributed by atoms with Gasteiger partial charge in [0.05, 0.1) is 11.4 Å². The normalized spacial score (nSPS) is 18.2. The molecule has 1 unspecified atom stereocenters. The molecule has 2 aliphatic rings. The first-order valence-electron chi connectivity index (χ1n) is 13.0. The van der Waals surface area contributed by atoms with Crippen LogP contribution in [0.1, 0.15) is 32.6 Å². The van der Waals surface area contributed by atoms with Crippen molar-refractivity contribution in [3.05, 3.63) is 60.9 Å². The van der Waals surface area contributed by atoms with Crippen LogP contribution in [0.4, 0.5) is 17.3 Å². The number of imidazole rings is 1. The zero-order chi connectivity index (χ0) is 24.3. The van der Waals surface area contributed by atoms with Gasteiger partial charge in [0, 0.05) is 37.1 Å². The molecule has 0 bridgehead atoms. The van der Waals surface area contributed by atoms with Crippen molar-refractivity contribution in [1.82, 2.24) is 24.5 Å². The van der Waals surface area contributed by atoms with E-state index in [1.165, 1.54) is 38.8 Å². The number of anilines is 3. The lowest BCUT2D eigenvalue weighted by Gasteiger charge is -2.23. The van der Waals surface area contributed by atoms with Crippen LogP contribution in [-0.4, -0.2) is 63.3 Å². The molecule has 0 spiro atoms. The highest BCUT2D eigenvalue weighted by atomic mass is 16.5. The summed E-state index contributed by atoms with van der Waals surface area (Å²) in [5.41, 5.74) is 3.52. The van der Waals surface area contributed by atoms with Gasteiger partial charge in [-0.15, -0.1) is 0 Å². The lowest BCUT2D eigenvalue weighted by Crippen LogP contribution is -2.27. The fourth-order valence-corrected chi connectivity index (χ4v) is 5.23. The van der Waals surface area contributed by atoms with E-state index in [9.17, 15) is 0 Å². The van der Waals surface area contributed by atoms with E-state index in [0.717, 1.165) is 59.7 Å². The molecule has 2 aliphatic heterocycles. The predicted molar refractivity (Wildman–Crippen MR) is 143 cm³/mol. The molecule has 1 atom stereocenters. The van der Waals surface area contributed by atoms with Crippen LogP contribution in [0.3, 0.4) is 0 Å². The van der Waals surface area contributed by atoms with Crippen molar-refractivity contribution in [2.45, 2.75) is 38.6 Å². The van der Waals surface area contributed by atoms with Gasteiger partial charge in [0.2, 0.25) is 0 Å². The summed E-state index contributed by atoms with van der Waals surface area (Å²) in [6.45, 7) is 7.41. The van der Waals surface area contributed by atoms with Gasteiger partial charge in [0.25, 0.3) is 0 Å². The third-order valence-electron chi connectivity index (χ3n) is 7.23. The highest BCUT2D eigenvalue weighted by Crippen LogP contribution is 2.29. The van der Waals surface area contributed by atoms with Gasteiger partial charge in [-0.1, -0.05) is 6.07 Å². The molecular weight excluding hydrogens is 450 g/mol. The number of likely N-dealkylation sites (tertiary alicyclic amines) is 1. The van der Waals surface area contributed by atoms with E-state index in [-0.39, 0.29) is 0 Å². The molecule has 0 radical (unpaired) electrons. The van der Waals surface area contributed by atoms with Crippen LogP contribution in [0.2, 0.25) is 0 Å². The van der Waals surface area contributed by atoms with E-state index in [2.05, 4.69) is 51.3 Å². The summed E-state index contributed by atoms with van der Waals surface area (Å²) in [6, 6.07) is 16.9. The van der Waals surface area contributed by atoms with Crippen molar-refractivity contribution >= 4 is 23.0 Å². The molecule has 2 fully saturated rings. The SMILES string of the molecule is CC1CCCN1c1cccc(Nc2cc(-c3ccc(OCCN4CCCC4)cc3)nn3ccnc23)n1. The fraction of sp³-hybridized carbons (Fsp3) is 0.393. The van der Waals surface area contributed by atoms with Gasteiger partial charge in [-0.2, -0.15) is 5.10 Å². The fourth-order valence-electron chi connectivity index (χ4n) is 5.23. The molecule has 5 heterocycles. The van der Waals surface area contributed by atoms with Crippen LogP contribution >= 0.6 is 0 Å². The van der Waals surface area contributed by atoms with Crippen LogP contribution in [0, 0.1) is 0 Å².